The summed E-state index contributed by atoms with van der Waals surface area (Å²) in [6, 6.07) is 15.1. The highest BCUT2D eigenvalue weighted by Gasteiger charge is 2.03. The Bertz CT molecular complexity index is 933. The van der Waals surface area contributed by atoms with Gasteiger partial charge in [-0.1, -0.05) is 0 Å². The Morgan fingerprint density at radius 2 is 1.38 bits per heavy atom. The van der Waals surface area contributed by atoms with E-state index in [1.807, 2.05) is 43.4 Å². The van der Waals surface area contributed by atoms with Crippen molar-refractivity contribution in [2.24, 2.45) is 10.2 Å². The molecule has 0 fully saturated rings. The molecule has 0 bridgehead atoms. The Balaban J connectivity index is 1.47. The average Bonchev–Trinajstić information content (AvgIpc) is 2.70. The molecule has 29 heavy (non-hydrogen) atoms. The average molecular weight is 392 g/mol. The molecule has 1 heterocycles. The van der Waals surface area contributed by atoms with E-state index in [2.05, 4.69) is 35.4 Å². The maximum absolute atomic E-state index is 5.66. The van der Waals surface area contributed by atoms with Crippen LogP contribution in [0.1, 0.15) is 6.42 Å². The van der Waals surface area contributed by atoms with Crippen molar-refractivity contribution >= 4 is 40.6 Å². The summed E-state index contributed by atoms with van der Waals surface area (Å²) in [7, 11) is 2.03. The molecule has 0 saturated carbocycles. The van der Waals surface area contributed by atoms with Gasteiger partial charge in [0.2, 0.25) is 17.8 Å². The summed E-state index contributed by atoms with van der Waals surface area (Å²) in [6.45, 7) is 1.52. The highest BCUT2D eigenvalue weighted by atomic mass is 15.2. The van der Waals surface area contributed by atoms with Crippen molar-refractivity contribution in [1.82, 2.24) is 15.0 Å². The standard InChI is InChI=1S/C19H24N10/c1-29(12-2-11-23-19-25-17(21)24-18(22)26-19)16-9-7-15(8-10-16)28-27-14-5-3-13(20)4-6-14/h3-10H,2,11-12,20H2,1H3,(H5,21,22,23,24,25,26)/b28-27+. The lowest BCUT2D eigenvalue weighted by Crippen LogP contribution is -2.21. The van der Waals surface area contributed by atoms with E-state index in [9.17, 15) is 0 Å². The molecule has 0 amide bonds. The predicted octanol–water partition coefficient (Wildman–Crippen LogP) is 2.97. The van der Waals surface area contributed by atoms with Crippen LogP contribution >= 0.6 is 0 Å². The molecule has 0 aliphatic rings. The first-order valence-electron chi connectivity index (χ1n) is 9.09. The van der Waals surface area contributed by atoms with Gasteiger partial charge in [-0.05, 0) is 55.0 Å². The predicted molar refractivity (Wildman–Crippen MR) is 117 cm³/mol. The van der Waals surface area contributed by atoms with Crippen molar-refractivity contribution in [1.29, 1.82) is 0 Å². The van der Waals surface area contributed by atoms with E-state index in [-0.39, 0.29) is 11.9 Å². The van der Waals surface area contributed by atoms with Gasteiger partial charge >= 0.3 is 0 Å². The Morgan fingerprint density at radius 3 is 1.97 bits per heavy atom. The van der Waals surface area contributed by atoms with Gasteiger partial charge in [-0.3, -0.25) is 0 Å². The number of nitrogens with one attached hydrogen (secondary N) is 1. The molecular weight excluding hydrogens is 368 g/mol. The van der Waals surface area contributed by atoms with E-state index in [4.69, 9.17) is 17.2 Å². The molecule has 10 nitrogen and oxygen atoms in total. The zero-order valence-electron chi connectivity index (χ0n) is 16.2. The van der Waals surface area contributed by atoms with Gasteiger partial charge in [0.1, 0.15) is 0 Å². The number of nitrogen functional groups attached to an aromatic ring is 3. The van der Waals surface area contributed by atoms with Crippen molar-refractivity contribution in [3.63, 3.8) is 0 Å². The Hall–Kier alpha value is -3.95. The van der Waals surface area contributed by atoms with Crippen LogP contribution in [0.25, 0.3) is 0 Å². The van der Waals surface area contributed by atoms with Crippen molar-refractivity contribution in [2.45, 2.75) is 6.42 Å². The Labute approximate surface area is 168 Å². The highest BCUT2D eigenvalue weighted by Crippen LogP contribution is 2.22. The molecule has 0 radical (unpaired) electrons. The largest absolute Gasteiger partial charge is 0.399 e. The van der Waals surface area contributed by atoms with Crippen LogP contribution in [-0.4, -0.2) is 35.1 Å². The minimum absolute atomic E-state index is 0.103. The zero-order chi connectivity index (χ0) is 20.6. The normalized spacial score (nSPS) is 10.9. The molecule has 0 aliphatic carbocycles. The Kier molecular flexibility index (Phi) is 6.36. The third-order valence-corrected chi connectivity index (χ3v) is 4.09. The first kappa shape index (κ1) is 19.8. The summed E-state index contributed by atoms with van der Waals surface area (Å²) >= 11 is 0. The molecule has 3 aromatic rings. The van der Waals surface area contributed by atoms with Gasteiger partial charge in [0.15, 0.2) is 0 Å². The minimum atomic E-state index is 0.103. The number of rotatable bonds is 8. The maximum atomic E-state index is 5.66. The summed E-state index contributed by atoms with van der Waals surface area (Å²) in [4.78, 5) is 13.9. The zero-order valence-corrected chi connectivity index (χ0v) is 16.2. The van der Waals surface area contributed by atoms with E-state index in [1.54, 1.807) is 12.1 Å². The number of hydrogen-bond acceptors (Lipinski definition) is 10. The topological polar surface area (TPSA) is 157 Å². The van der Waals surface area contributed by atoms with Crippen LogP contribution in [0.15, 0.2) is 58.8 Å². The molecule has 0 aliphatic heterocycles. The van der Waals surface area contributed by atoms with Crippen LogP contribution in [0.2, 0.25) is 0 Å². The fourth-order valence-electron chi connectivity index (χ4n) is 2.56. The summed E-state index contributed by atoms with van der Waals surface area (Å²) in [6.07, 6.45) is 0.876. The number of anilines is 5. The first-order valence-corrected chi connectivity index (χ1v) is 9.09. The molecule has 0 saturated heterocycles. The smallest absolute Gasteiger partial charge is 0.229 e. The second-order valence-corrected chi connectivity index (χ2v) is 6.39. The lowest BCUT2D eigenvalue weighted by Gasteiger charge is -2.19. The van der Waals surface area contributed by atoms with E-state index >= 15 is 0 Å². The van der Waals surface area contributed by atoms with E-state index in [0.717, 1.165) is 30.0 Å². The summed E-state index contributed by atoms with van der Waals surface area (Å²) in [5.74, 6) is 0.588. The van der Waals surface area contributed by atoms with Crippen molar-refractivity contribution in [2.75, 3.05) is 47.6 Å². The summed E-state index contributed by atoms with van der Waals surface area (Å²) in [5, 5.41) is 11.5. The molecule has 2 aromatic carbocycles. The molecule has 10 heteroatoms. The number of hydrogen-bond donors (Lipinski definition) is 4. The van der Waals surface area contributed by atoms with Crippen LogP contribution in [0.5, 0.6) is 0 Å². The minimum Gasteiger partial charge on any atom is -0.399 e. The number of nitrogens with two attached hydrogens (primary N) is 3. The van der Waals surface area contributed by atoms with Gasteiger partial charge in [0, 0.05) is 31.5 Å². The SMILES string of the molecule is CN(CCCNc1nc(N)nc(N)n1)c1ccc(/N=N/c2ccc(N)cc2)cc1. The van der Waals surface area contributed by atoms with Gasteiger partial charge in [-0.2, -0.15) is 25.2 Å². The molecule has 3 rings (SSSR count). The highest BCUT2D eigenvalue weighted by molar-refractivity contribution is 5.53. The molecular formula is C19H24N10. The lowest BCUT2D eigenvalue weighted by atomic mass is 10.2. The van der Waals surface area contributed by atoms with Gasteiger partial charge < -0.3 is 27.4 Å². The van der Waals surface area contributed by atoms with Gasteiger partial charge in [0.05, 0.1) is 11.4 Å². The molecule has 150 valence electrons. The van der Waals surface area contributed by atoms with Crippen LogP contribution in [0.3, 0.4) is 0 Å². The van der Waals surface area contributed by atoms with E-state index < -0.39 is 0 Å². The van der Waals surface area contributed by atoms with Crippen LogP contribution in [0.4, 0.5) is 40.6 Å². The molecule has 0 spiro atoms. The third-order valence-electron chi connectivity index (χ3n) is 4.09. The van der Waals surface area contributed by atoms with Crippen LogP contribution in [0, 0.1) is 0 Å². The number of aromatic nitrogens is 3. The van der Waals surface area contributed by atoms with Crippen molar-refractivity contribution in [3.05, 3.63) is 48.5 Å². The first-order chi connectivity index (χ1) is 14.0. The summed E-state index contributed by atoms with van der Waals surface area (Å²) < 4.78 is 0. The van der Waals surface area contributed by atoms with Crippen LogP contribution < -0.4 is 27.4 Å². The maximum Gasteiger partial charge on any atom is 0.229 e. The van der Waals surface area contributed by atoms with Crippen molar-refractivity contribution < 1.29 is 0 Å². The Morgan fingerprint density at radius 1 is 0.828 bits per heavy atom. The van der Waals surface area contributed by atoms with Crippen molar-refractivity contribution in [3.8, 4) is 0 Å². The third kappa shape index (κ3) is 6.03. The van der Waals surface area contributed by atoms with Crippen LogP contribution in [-0.2, 0) is 0 Å². The fraction of sp³-hybridized carbons (Fsp3) is 0.211. The molecule has 0 unspecified atom stereocenters. The van der Waals surface area contributed by atoms with E-state index in [0.29, 0.717) is 18.2 Å². The van der Waals surface area contributed by atoms with Gasteiger partial charge in [-0.25, -0.2) is 0 Å². The van der Waals surface area contributed by atoms with E-state index in [1.165, 1.54) is 0 Å². The summed E-state index contributed by atoms with van der Waals surface area (Å²) in [5.41, 5.74) is 20.1. The molecule has 7 N–H and O–H groups in total. The fourth-order valence-corrected chi connectivity index (χ4v) is 2.56. The number of azo groups is 1. The monoisotopic (exact) mass is 392 g/mol. The quantitative estimate of drug-likeness (QED) is 0.259. The molecule has 0 atom stereocenters. The lowest BCUT2D eigenvalue weighted by molar-refractivity contribution is 0.810. The van der Waals surface area contributed by atoms with Gasteiger partial charge in [0.25, 0.3) is 0 Å². The van der Waals surface area contributed by atoms with Gasteiger partial charge in [-0.15, -0.1) is 0 Å². The second-order valence-electron chi connectivity index (χ2n) is 6.39. The number of benzene rings is 2. The molecule has 1 aromatic heterocycles. The second kappa shape index (κ2) is 9.31. The number of nitrogens with zero attached hydrogens (tertiary/aromatic N) is 6.